The van der Waals surface area contributed by atoms with E-state index in [1.807, 2.05) is 49.5 Å². The Morgan fingerprint density at radius 2 is 1.75 bits per heavy atom. The normalized spacial score (nSPS) is 12.4. The first-order chi connectivity index (χ1) is 13.6. The molecule has 142 valence electrons. The van der Waals surface area contributed by atoms with E-state index in [0.29, 0.717) is 11.4 Å². The Morgan fingerprint density at radius 3 is 2.43 bits per heavy atom. The predicted octanol–water partition coefficient (Wildman–Crippen LogP) is 3.03. The summed E-state index contributed by atoms with van der Waals surface area (Å²) in [6.45, 7) is 2.69. The SMILES string of the molecule is C[C@H](c1ccc(-n2cncn2)cc1)N(C)Cn1nnn(-c2ccccc2)c1=S. The van der Waals surface area contributed by atoms with Crippen molar-refractivity contribution in [2.45, 2.75) is 19.6 Å². The van der Waals surface area contributed by atoms with Crippen molar-refractivity contribution in [1.82, 2.24) is 39.5 Å². The first-order valence-corrected chi connectivity index (χ1v) is 9.28. The molecule has 2 heterocycles. The summed E-state index contributed by atoms with van der Waals surface area (Å²) >= 11 is 5.55. The zero-order valence-corrected chi connectivity index (χ0v) is 16.4. The largest absolute Gasteiger partial charge is 0.281 e. The predicted molar refractivity (Wildman–Crippen MR) is 108 cm³/mol. The van der Waals surface area contributed by atoms with Gasteiger partial charge in [-0.3, -0.25) is 4.90 Å². The zero-order chi connectivity index (χ0) is 19.5. The van der Waals surface area contributed by atoms with Crippen molar-refractivity contribution in [2.75, 3.05) is 7.05 Å². The third-order valence-electron chi connectivity index (χ3n) is 4.72. The van der Waals surface area contributed by atoms with Crippen molar-refractivity contribution in [2.24, 2.45) is 0 Å². The minimum atomic E-state index is 0.175. The molecule has 4 aromatic rings. The van der Waals surface area contributed by atoms with Gasteiger partial charge in [0.05, 0.1) is 18.0 Å². The van der Waals surface area contributed by atoms with Crippen LogP contribution in [0.5, 0.6) is 0 Å². The van der Waals surface area contributed by atoms with Crippen LogP contribution in [0.25, 0.3) is 11.4 Å². The molecule has 0 aliphatic heterocycles. The van der Waals surface area contributed by atoms with Gasteiger partial charge in [0.15, 0.2) is 0 Å². The maximum atomic E-state index is 5.55. The van der Waals surface area contributed by atoms with E-state index in [1.165, 1.54) is 11.9 Å². The lowest BCUT2D eigenvalue weighted by molar-refractivity contribution is 0.193. The van der Waals surface area contributed by atoms with Gasteiger partial charge in [0.1, 0.15) is 12.7 Å². The Morgan fingerprint density at radius 1 is 1.00 bits per heavy atom. The number of para-hydroxylation sites is 1. The highest BCUT2D eigenvalue weighted by molar-refractivity contribution is 7.71. The van der Waals surface area contributed by atoms with Crippen LogP contribution < -0.4 is 0 Å². The minimum Gasteiger partial charge on any atom is -0.281 e. The fourth-order valence-corrected chi connectivity index (χ4v) is 3.17. The number of hydrogen-bond acceptors (Lipinski definition) is 6. The molecule has 0 fully saturated rings. The van der Waals surface area contributed by atoms with Crippen LogP contribution in [0.15, 0.2) is 67.3 Å². The van der Waals surface area contributed by atoms with Crippen molar-refractivity contribution in [3.63, 3.8) is 0 Å². The van der Waals surface area contributed by atoms with E-state index in [9.17, 15) is 0 Å². The lowest BCUT2D eigenvalue weighted by Gasteiger charge is -2.24. The van der Waals surface area contributed by atoms with Gasteiger partial charge in [0.2, 0.25) is 4.77 Å². The molecule has 0 spiro atoms. The summed E-state index contributed by atoms with van der Waals surface area (Å²) in [6, 6.07) is 18.2. The van der Waals surface area contributed by atoms with Crippen molar-refractivity contribution in [1.29, 1.82) is 0 Å². The molecule has 0 saturated carbocycles. The van der Waals surface area contributed by atoms with Crippen LogP contribution >= 0.6 is 12.2 Å². The molecule has 0 amide bonds. The second-order valence-electron chi connectivity index (χ2n) is 6.51. The molecular weight excluding hydrogens is 372 g/mol. The molecule has 0 unspecified atom stereocenters. The number of benzene rings is 2. The van der Waals surface area contributed by atoms with Gasteiger partial charge in [-0.25, -0.2) is 14.3 Å². The molecule has 0 radical (unpaired) electrons. The molecule has 2 aromatic carbocycles. The van der Waals surface area contributed by atoms with Gasteiger partial charge < -0.3 is 0 Å². The van der Waals surface area contributed by atoms with Crippen LogP contribution in [0.1, 0.15) is 18.5 Å². The Labute approximate surface area is 167 Å². The Balaban J connectivity index is 1.48. The van der Waals surface area contributed by atoms with Gasteiger partial charge in [-0.2, -0.15) is 9.78 Å². The lowest BCUT2D eigenvalue weighted by atomic mass is 10.1. The summed E-state index contributed by atoms with van der Waals surface area (Å²) in [7, 11) is 2.04. The van der Waals surface area contributed by atoms with Crippen LogP contribution in [0.4, 0.5) is 0 Å². The van der Waals surface area contributed by atoms with Gasteiger partial charge in [-0.05, 0) is 66.4 Å². The third-order valence-corrected chi connectivity index (χ3v) is 5.10. The minimum absolute atomic E-state index is 0.175. The topological polar surface area (TPSA) is 69.6 Å². The van der Waals surface area contributed by atoms with Gasteiger partial charge in [0.25, 0.3) is 0 Å². The van der Waals surface area contributed by atoms with Crippen molar-refractivity contribution >= 4 is 12.2 Å². The molecule has 1 atom stereocenters. The Kier molecular flexibility index (Phi) is 5.09. The van der Waals surface area contributed by atoms with E-state index in [0.717, 1.165) is 11.4 Å². The maximum Gasteiger partial charge on any atom is 0.221 e. The summed E-state index contributed by atoms with van der Waals surface area (Å²) in [6.07, 6.45) is 3.21. The first kappa shape index (κ1) is 18.2. The molecule has 0 aliphatic carbocycles. The molecule has 28 heavy (non-hydrogen) atoms. The van der Waals surface area contributed by atoms with Crippen molar-refractivity contribution < 1.29 is 0 Å². The number of tetrazole rings is 1. The zero-order valence-electron chi connectivity index (χ0n) is 15.6. The Bertz CT molecular complexity index is 1080. The van der Waals surface area contributed by atoms with Crippen LogP contribution in [0.3, 0.4) is 0 Å². The number of rotatable bonds is 6. The third kappa shape index (κ3) is 3.62. The fourth-order valence-electron chi connectivity index (χ4n) is 2.93. The highest BCUT2D eigenvalue weighted by atomic mass is 32.1. The highest BCUT2D eigenvalue weighted by Gasteiger charge is 2.14. The maximum absolute atomic E-state index is 5.55. The smallest absolute Gasteiger partial charge is 0.221 e. The van der Waals surface area contributed by atoms with E-state index >= 15 is 0 Å². The van der Waals surface area contributed by atoms with Crippen LogP contribution in [-0.2, 0) is 6.67 Å². The molecule has 2 aromatic heterocycles. The molecule has 0 aliphatic rings. The molecule has 0 saturated heterocycles. The summed E-state index contributed by atoms with van der Waals surface area (Å²) in [4.78, 5) is 6.15. The average molecular weight is 392 g/mol. The van der Waals surface area contributed by atoms with Crippen LogP contribution in [-0.4, -0.2) is 46.5 Å². The molecular formula is C19H20N8S. The quantitative estimate of drug-likeness (QED) is 0.470. The summed E-state index contributed by atoms with van der Waals surface area (Å²) in [5.74, 6) is 0. The summed E-state index contributed by atoms with van der Waals surface area (Å²) < 4.78 is 5.69. The molecule has 9 heteroatoms. The van der Waals surface area contributed by atoms with Crippen LogP contribution in [0.2, 0.25) is 0 Å². The van der Waals surface area contributed by atoms with E-state index in [4.69, 9.17) is 12.2 Å². The standard InChI is InChI=1S/C19H20N8S/c1-15(16-8-10-17(11-9-16)25-13-20-12-21-25)24(2)14-26-19(28)27(23-22-26)18-6-4-3-5-7-18/h3-13,15H,14H2,1-2H3/t15-/m1/s1. The fraction of sp³-hybridized carbons (Fsp3) is 0.211. The number of aromatic nitrogens is 7. The lowest BCUT2D eigenvalue weighted by Crippen LogP contribution is -2.26. The second-order valence-corrected chi connectivity index (χ2v) is 6.88. The van der Waals surface area contributed by atoms with E-state index in [2.05, 4.69) is 44.5 Å². The molecule has 0 N–H and O–H groups in total. The average Bonchev–Trinajstić information content (AvgIpc) is 3.39. The van der Waals surface area contributed by atoms with Crippen LogP contribution in [0, 0.1) is 4.77 Å². The van der Waals surface area contributed by atoms with Gasteiger partial charge in [0, 0.05) is 6.04 Å². The summed E-state index contributed by atoms with van der Waals surface area (Å²) in [5.41, 5.74) is 3.07. The van der Waals surface area contributed by atoms with E-state index in [1.54, 1.807) is 20.4 Å². The van der Waals surface area contributed by atoms with E-state index < -0.39 is 0 Å². The molecule has 0 bridgehead atoms. The molecule has 8 nitrogen and oxygen atoms in total. The molecule has 4 rings (SSSR count). The van der Waals surface area contributed by atoms with Crippen molar-refractivity contribution in [3.05, 3.63) is 77.6 Å². The second kappa shape index (κ2) is 7.83. The van der Waals surface area contributed by atoms with E-state index in [-0.39, 0.29) is 6.04 Å². The van der Waals surface area contributed by atoms with Gasteiger partial charge in [-0.15, -0.1) is 0 Å². The van der Waals surface area contributed by atoms with Gasteiger partial charge >= 0.3 is 0 Å². The summed E-state index contributed by atoms with van der Waals surface area (Å²) in [5, 5.41) is 12.6. The van der Waals surface area contributed by atoms with Crippen molar-refractivity contribution in [3.8, 4) is 11.4 Å². The monoisotopic (exact) mass is 392 g/mol. The van der Waals surface area contributed by atoms with Gasteiger partial charge in [-0.1, -0.05) is 30.3 Å². The Hall–Kier alpha value is -3.17. The first-order valence-electron chi connectivity index (χ1n) is 8.87. The number of nitrogens with zero attached hydrogens (tertiary/aromatic N) is 8. The number of hydrogen-bond donors (Lipinski definition) is 0. The highest BCUT2D eigenvalue weighted by Crippen LogP contribution is 2.20.